The van der Waals surface area contributed by atoms with Crippen LogP contribution in [0.3, 0.4) is 0 Å². The third kappa shape index (κ3) is 3.07. The summed E-state index contributed by atoms with van der Waals surface area (Å²) in [5, 5.41) is 12.3. The number of fused-ring (bicyclic) bond motifs is 1. The number of ether oxygens (including phenoxy) is 1. The Balaban J connectivity index is 2.28. The summed E-state index contributed by atoms with van der Waals surface area (Å²) in [6, 6.07) is 9.96. The third-order valence-electron chi connectivity index (χ3n) is 3.05. The molecule has 0 amide bonds. The highest BCUT2D eigenvalue weighted by Crippen LogP contribution is 2.21. The van der Waals surface area contributed by atoms with E-state index in [1.54, 1.807) is 13.0 Å². The molecule has 4 nitrogen and oxygen atoms in total. The fourth-order valence-corrected chi connectivity index (χ4v) is 2.10. The highest BCUT2D eigenvalue weighted by atomic mass is 16.5. The van der Waals surface area contributed by atoms with Gasteiger partial charge in [0.05, 0.1) is 6.61 Å². The molecule has 0 saturated heterocycles. The number of hydrogen-bond acceptors (Lipinski definition) is 4. The van der Waals surface area contributed by atoms with E-state index in [0.717, 1.165) is 24.2 Å². The molecular weight excluding hydrogens is 252 g/mol. The van der Waals surface area contributed by atoms with Gasteiger partial charge in [0.1, 0.15) is 11.6 Å². The largest absolute Gasteiger partial charge is 0.462 e. The molecule has 2 rings (SSSR count). The smallest absolute Gasteiger partial charge is 0.348 e. The maximum absolute atomic E-state index is 11.5. The van der Waals surface area contributed by atoms with Gasteiger partial charge in [0.2, 0.25) is 0 Å². The van der Waals surface area contributed by atoms with E-state index in [4.69, 9.17) is 10.00 Å². The van der Waals surface area contributed by atoms with Crippen LogP contribution in [0.5, 0.6) is 0 Å². The number of benzene rings is 1. The number of nitrogens with one attached hydrogen (secondary N) is 1. The lowest BCUT2D eigenvalue weighted by Gasteiger charge is -2.20. The zero-order valence-electron chi connectivity index (χ0n) is 11.3. The van der Waals surface area contributed by atoms with Gasteiger partial charge in [-0.1, -0.05) is 24.3 Å². The lowest BCUT2D eigenvalue weighted by atomic mass is 9.98. The highest BCUT2D eigenvalue weighted by molar-refractivity contribution is 5.93. The second-order valence-electron chi connectivity index (χ2n) is 4.33. The van der Waals surface area contributed by atoms with E-state index in [-0.39, 0.29) is 12.2 Å². The van der Waals surface area contributed by atoms with Crippen LogP contribution in [0, 0.1) is 11.3 Å². The van der Waals surface area contributed by atoms with Crippen LogP contribution in [0.4, 0.5) is 0 Å². The van der Waals surface area contributed by atoms with Gasteiger partial charge in [-0.25, -0.2) is 4.79 Å². The van der Waals surface area contributed by atoms with Gasteiger partial charge in [0, 0.05) is 17.8 Å². The van der Waals surface area contributed by atoms with Crippen molar-refractivity contribution < 1.29 is 9.53 Å². The number of carbonyl (C=O) groups is 1. The predicted octanol–water partition coefficient (Wildman–Crippen LogP) is 2.19. The zero-order valence-corrected chi connectivity index (χ0v) is 11.3. The molecule has 0 bridgehead atoms. The topological polar surface area (TPSA) is 62.1 Å². The molecule has 0 unspecified atom stereocenters. The first-order valence-electron chi connectivity index (χ1n) is 6.57. The predicted molar refractivity (Wildman–Crippen MR) is 76.5 cm³/mol. The van der Waals surface area contributed by atoms with Crippen molar-refractivity contribution in [3.05, 3.63) is 53.1 Å². The molecule has 0 spiro atoms. The Morgan fingerprint density at radius 2 is 2.30 bits per heavy atom. The highest BCUT2D eigenvalue weighted by Gasteiger charge is 2.13. The summed E-state index contributed by atoms with van der Waals surface area (Å²) in [6.45, 7) is 2.82. The van der Waals surface area contributed by atoms with Gasteiger partial charge in [0.15, 0.2) is 0 Å². The molecule has 1 aliphatic heterocycles. The minimum absolute atomic E-state index is 0.00389. The molecule has 1 aliphatic rings. The molecule has 20 heavy (non-hydrogen) atoms. The molecule has 1 aromatic carbocycles. The number of carbonyl (C=O) groups excluding carboxylic acids is 1. The Bertz CT molecular complexity index is 609. The summed E-state index contributed by atoms with van der Waals surface area (Å²) >= 11 is 0. The molecule has 0 fully saturated rings. The molecule has 0 atom stereocenters. The van der Waals surface area contributed by atoms with Crippen LogP contribution >= 0.6 is 0 Å². The summed E-state index contributed by atoms with van der Waals surface area (Å²) in [7, 11) is 0. The van der Waals surface area contributed by atoms with Crippen LogP contribution in [0.25, 0.3) is 5.70 Å². The average Bonchev–Trinajstić information content (AvgIpc) is 2.48. The Hall–Kier alpha value is -2.54. The SMILES string of the molecule is CCOC(=O)/C(C#N)=C/C=C1\NCCc2ccccc21. The first kappa shape index (κ1) is 13.9. The van der Waals surface area contributed by atoms with Crippen molar-refractivity contribution in [2.75, 3.05) is 13.2 Å². The molecular formula is C16H16N2O2. The van der Waals surface area contributed by atoms with Crippen LogP contribution in [0.2, 0.25) is 0 Å². The maximum Gasteiger partial charge on any atom is 0.348 e. The number of allylic oxidation sites excluding steroid dienone is 2. The first-order chi connectivity index (χ1) is 9.76. The first-order valence-corrected chi connectivity index (χ1v) is 6.57. The minimum atomic E-state index is -0.587. The molecule has 1 heterocycles. The fourth-order valence-electron chi connectivity index (χ4n) is 2.10. The summed E-state index contributed by atoms with van der Waals surface area (Å²) in [5.41, 5.74) is 3.30. The van der Waals surface area contributed by atoms with Gasteiger partial charge in [-0.05, 0) is 31.1 Å². The summed E-state index contributed by atoms with van der Waals surface area (Å²) in [6.07, 6.45) is 4.23. The number of rotatable bonds is 3. The molecule has 1 aromatic rings. The number of hydrogen-bond donors (Lipinski definition) is 1. The lowest BCUT2D eigenvalue weighted by molar-refractivity contribution is -0.138. The Morgan fingerprint density at radius 3 is 3.05 bits per heavy atom. The molecule has 102 valence electrons. The monoisotopic (exact) mass is 268 g/mol. The lowest BCUT2D eigenvalue weighted by Crippen LogP contribution is -2.22. The van der Waals surface area contributed by atoms with Gasteiger partial charge >= 0.3 is 5.97 Å². The fraction of sp³-hybridized carbons (Fsp3) is 0.250. The molecule has 0 saturated carbocycles. The van der Waals surface area contributed by atoms with Crippen molar-refractivity contribution in [1.29, 1.82) is 5.26 Å². The van der Waals surface area contributed by atoms with Crippen molar-refractivity contribution in [2.45, 2.75) is 13.3 Å². The van der Waals surface area contributed by atoms with Crippen LogP contribution < -0.4 is 5.32 Å². The van der Waals surface area contributed by atoms with Crippen molar-refractivity contribution >= 4 is 11.7 Å². The van der Waals surface area contributed by atoms with Crippen molar-refractivity contribution in [3.8, 4) is 6.07 Å². The number of nitrogens with zero attached hydrogens (tertiary/aromatic N) is 1. The Morgan fingerprint density at radius 1 is 1.50 bits per heavy atom. The average molecular weight is 268 g/mol. The molecule has 0 aromatic heterocycles. The minimum Gasteiger partial charge on any atom is -0.462 e. The van der Waals surface area contributed by atoms with E-state index in [9.17, 15) is 4.79 Å². The van der Waals surface area contributed by atoms with Crippen molar-refractivity contribution in [2.24, 2.45) is 0 Å². The van der Waals surface area contributed by atoms with Gasteiger partial charge < -0.3 is 10.1 Å². The quantitative estimate of drug-likeness (QED) is 0.518. The normalized spacial score (nSPS) is 16.0. The second-order valence-corrected chi connectivity index (χ2v) is 4.33. The number of nitriles is 1. The van der Waals surface area contributed by atoms with E-state index in [0.29, 0.717) is 0 Å². The van der Waals surface area contributed by atoms with Gasteiger partial charge in [0.25, 0.3) is 0 Å². The molecule has 1 N–H and O–H groups in total. The standard InChI is InChI=1S/C16H16N2O2/c1-2-20-16(19)13(11-17)7-8-15-14-6-4-3-5-12(14)9-10-18-15/h3-8,18H,2,9-10H2,1H3/b13-7+,15-8-. The molecule has 0 radical (unpaired) electrons. The molecule has 4 heteroatoms. The summed E-state index contributed by atoms with van der Waals surface area (Å²) < 4.78 is 4.82. The van der Waals surface area contributed by atoms with Crippen molar-refractivity contribution in [1.82, 2.24) is 5.32 Å². The Labute approximate surface area is 118 Å². The summed E-state index contributed by atoms with van der Waals surface area (Å²) in [4.78, 5) is 11.5. The van der Waals surface area contributed by atoms with Crippen LogP contribution in [0.15, 0.2) is 42.0 Å². The van der Waals surface area contributed by atoms with Crippen LogP contribution in [0.1, 0.15) is 18.1 Å². The van der Waals surface area contributed by atoms with Crippen LogP contribution in [-0.4, -0.2) is 19.1 Å². The zero-order chi connectivity index (χ0) is 14.4. The molecule has 0 aliphatic carbocycles. The number of esters is 1. The van der Waals surface area contributed by atoms with E-state index in [1.165, 1.54) is 11.6 Å². The second kappa shape index (κ2) is 6.58. The van der Waals surface area contributed by atoms with E-state index in [2.05, 4.69) is 11.4 Å². The van der Waals surface area contributed by atoms with Crippen molar-refractivity contribution in [3.63, 3.8) is 0 Å². The Kier molecular flexibility index (Phi) is 4.56. The maximum atomic E-state index is 11.5. The van der Waals surface area contributed by atoms with Gasteiger partial charge in [-0.15, -0.1) is 0 Å². The van der Waals surface area contributed by atoms with Gasteiger partial charge in [-0.3, -0.25) is 0 Å². The van der Waals surface area contributed by atoms with E-state index < -0.39 is 5.97 Å². The van der Waals surface area contributed by atoms with E-state index >= 15 is 0 Å². The van der Waals surface area contributed by atoms with E-state index in [1.807, 2.05) is 24.3 Å². The van der Waals surface area contributed by atoms with Crippen LogP contribution in [-0.2, 0) is 16.0 Å². The summed E-state index contributed by atoms with van der Waals surface area (Å²) in [5.74, 6) is -0.587. The van der Waals surface area contributed by atoms with Gasteiger partial charge in [-0.2, -0.15) is 5.26 Å². The third-order valence-corrected chi connectivity index (χ3v) is 3.05.